The number of rotatable bonds is 5. The third-order valence-electron chi connectivity index (χ3n) is 5.51. The molecule has 30 heavy (non-hydrogen) atoms. The smallest absolute Gasteiger partial charge is 0.207 e. The van der Waals surface area contributed by atoms with Crippen molar-refractivity contribution in [3.05, 3.63) is 65.2 Å². The van der Waals surface area contributed by atoms with Crippen LogP contribution in [0.2, 0.25) is 0 Å². The molecule has 0 radical (unpaired) electrons. The van der Waals surface area contributed by atoms with Crippen molar-refractivity contribution < 1.29 is 28.0 Å². The Morgan fingerprint density at radius 2 is 1.57 bits per heavy atom. The zero-order valence-electron chi connectivity index (χ0n) is 17.2. The molecule has 2 saturated heterocycles. The van der Waals surface area contributed by atoms with Crippen LogP contribution in [0.25, 0.3) is 0 Å². The molecule has 4 rings (SSSR count). The summed E-state index contributed by atoms with van der Waals surface area (Å²) in [4.78, 5) is 22.3. The highest BCUT2D eigenvalue weighted by atomic mass is 32.2. The van der Waals surface area contributed by atoms with E-state index in [1.165, 1.54) is 9.87 Å². The van der Waals surface area contributed by atoms with Crippen molar-refractivity contribution in [2.45, 2.75) is 56.5 Å². The van der Waals surface area contributed by atoms with Crippen LogP contribution in [0, 0.1) is 6.92 Å². The third-order valence-corrected chi connectivity index (χ3v) is 7.42. The molecule has 1 spiro atoms. The van der Waals surface area contributed by atoms with E-state index in [1.807, 2.05) is 31.2 Å². The molecule has 0 atom stereocenters. The third kappa shape index (κ3) is 4.44. The summed E-state index contributed by atoms with van der Waals surface area (Å²) in [5.74, 6) is -1.10. The second kappa shape index (κ2) is 8.74. The van der Waals surface area contributed by atoms with Crippen molar-refractivity contribution >= 4 is 10.0 Å². The highest BCUT2D eigenvalue weighted by Crippen LogP contribution is 2.38. The number of hydrogen-bond donors (Lipinski definition) is 0. The maximum Gasteiger partial charge on any atom is 0.249 e. The molecule has 0 unspecified atom stereocenters. The Labute approximate surface area is 177 Å². The van der Waals surface area contributed by atoms with E-state index in [0.29, 0.717) is 12.8 Å². The van der Waals surface area contributed by atoms with Crippen LogP contribution in [0.3, 0.4) is 0 Å². The molecule has 2 aromatic rings. The van der Waals surface area contributed by atoms with Gasteiger partial charge in [-0.05, 0) is 31.0 Å². The van der Waals surface area contributed by atoms with Crippen molar-refractivity contribution in [1.29, 1.82) is 0 Å². The van der Waals surface area contributed by atoms with Gasteiger partial charge in [0.25, 0.3) is 0 Å². The maximum absolute atomic E-state index is 12.9. The number of hydrogen-bond acceptors (Lipinski definition) is 6. The number of aryl methyl sites for hydroxylation is 2. The van der Waals surface area contributed by atoms with Gasteiger partial charge in [0.15, 0.2) is 0 Å². The minimum Gasteiger partial charge on any atom is -0.207 e. The lowest BCUT2D eigenvalue weighted by atomic mass is 10.1. The van der Waals surface area contributed by atoms with E-state index in [1.54, 1.807) is 24.3 Å². The van der Waals surface area contributed by atoms with Crippen LogP contribution in [-0.2, 0) is 36.0 Å². The minimum atomic E-state index is -3.56. The molecule has 0 aromatic heterocycles. The number of benzene rings is 2. The average Bonchev–Trinajstić information content (AvgIpc) is 2.76. The second-order valence-corrected chi connectivity index (χ2v) is 9.75. The SMILES string of the molecule is CCCc1ccc(C2OOC3(CCN(S(=O)(=O)c4ccc(C)cc4)CC3)OO2)cc1. The van der Waals surface area contributed by atoms with Crippen LogP contribution in [0.4, 0.5) is 0 Å². The molecular formula is C22H27NO6S. The summed E-state index contributed by atoms with van der Waals surface area (Å²) in [6.45, 7) is 4.56. The summed E-state index contributed by atoms with van der Waals surface area (Å²) in [6.07, 6.45) is 1.94. The van der Waals surface area contributed by atoms with Crippen LogP contribution in [0.5, 0.6) is 0 Å². The molecule has 0 bridgehead atoms. The van der Waals surface area contributed by atoms with Gasteiger partial charge < -0.3 is 0 Å². The maximum atomic E-state index is 12.9. The van der Waals surface area contributed by atoms with Gasteiger partial charge in [-0.25, -0.2) is 8.42 Å². The van der Waals surface area contributed by atoms with E-state index in [9.17, 15) is 8.42 Å². The van der Waals surface area contributed by atoms with Gasteiger partial charge in [-0.15, -0.1) is 0 Å². The lowest BCUT2D eigenvalue weighted by Crippen LogP contribution is -2.51. The summed E-state index contributed by atoms with van der Waals surface area (Å²) in [5, 5.41) is 0. The minimum absolute atomic E-state index is 0.249. The lowest BCUT2D eigenvalue weighted by Gasteiger charge is -2.41. The fourth-order valence-electron chi connectivity index (χ4n) is 3.63. The summed E-state index contributed by atoms with van der Waals surface area (Å²) in [6, 6.07) is 14.8. The fraction of sp³-hybridized carbons (Fsp3) is 0.455. The first-order chi connectivity index (χ1) is 14.4. The van der Waals surface area contributed by atoms with Gasteiger partial charge in [0.2, 0.25) is 22.1 Å². The molecule has 0 amide bonds. The van der Waals surface area contributed by atoms with Gasteiger partial charge in [-0.3, -0.25) is 0 Å². The molecular weight excluding hydrogens is 406 g/mol. The van der Waals surface area contributed by atoms with Crippen molar-refractivity contribution in [3.63, 3.8) is 0 Å². The van der Waals surface area contributed by atoms with Crippen molar-refractivity contribution in [1.82, 2.24) is 4.31 Å². The van der Waals surface area contributed by atoms with Crippen LogP contribution in [0.15, 0.2) is 53.4 Å². The Morgan fingerprint density at radius 1 is 0.967 bits per heavy atom. The van der Waals surface area contributed by atoms with E-state index in [-0.39, 0.29) is 18.0 Å². The van der Waals surface area contributed by atoms with E-state index in [2.05, 4.69) is 6.92 Å². The lowest BCUT2D eigenvalue weighted by molar-refractivity contribution is -0.633. The Morgan fingerprint density at radius 3 is 2.13 bits per heavy atom. The Hall–Kier alpha value is -1.81. The van der Waals surface area contributed by atoms with Gasteiger partial charge in [0, 0.05) is 31.5 Å². The highest BCUT2D eigenvalue weighted by molar-refractivity contribution is 7.89. The largest absolute Gasteiger partial charge is 0.249 e. The van der Waals surface area contributed by atoms with E-state index < -0.39 is 22.1 Å². The molecule has 0 aliphatic carbocycles. The predicted octanol–water partition coefficient (Wildman–Crippen LogP) is 4.04. The van der Waals surface area contributed by atoms with Gasteiger partial charge in [-0.1, -0.05) is 55.3 Å². The normalized spacial score (nSPS) is 20.5. The molecule has 8 heteroatoms. The Kier molecular flexibility index (Phi) is 6.24. The summed E-state index contributed by atoms with van der Waals surface area (Å²) in [7, 11) is -3.56. The van der Waals surface area contributed by atoms with Crippen LogP contribution < -0.4 is 0 Å². The molecule has 2 heterocycles. The summed E-state index contributed by atoms with van der Waals surface area (Å²) in [5.41, 5.74) is 3.06. The van der Waals surface area contributed by atoms with Crippen LogP contribution in [-0.4, -0.2) is 31.6 Å². The first kappa shape index (κ1) is 21.4. The molecule has 2 fully saturated rings. The fourth-order valence-corrected chi connectivity index (χ4v) is 5.07. The Bertz CT molecular complexity index is 940. The van der Waals surface area contributed by atoms with Gasteiger partial charge in [-0.2, -0.15) is 23.9 Å². The average molecular weight is 434 g/mol. The molecule has 0 N–H and O–H groups in total. The predicted molar refractivity (Wildman–Crippen MR) is 109 cm³/mol. The van der Waals surface area contributed by atoms with Crippen LogP contribution in [0.1, 0.15) is 49.2 Å². The number of sulfonamides is 1. The first-order valence-corrected chi connectivity index (χ1v) is 11.7. The molecule has 7 nitrogen and oxygen atoms in total. The number of piperidine rings is 1. The van der Waals surface area contributed by atoms with E-state index in [4.69, 9.17) is 19.6 Å². The molecule has 162 valence electrons. The van der Waals surface area contributed by atoms with Crippen LogP contribution >= 0.6 is 0 Å². The van der Waals surface area contributed by atoms with Gasteiger partial charge >= 0.3 is 0 Å². The highest BCUT2D eigenvalue weighted by Gasteiger charge is 2.46. The van der Waals surface area contributed by atoms with Gasteiger partial charge in [0.1, 0.15) is 0 Å². The monoisotopic (exact) mass is 433 g/mol. The topological polar surface area (TPSA) is 74.3 Å². The summed E-state index contributed by atoms with van der Waals surface area (Å²) < 4.78 is 27.2. The van der Waals surface area contributed by atoms with Crippen molar-refractivity contribution in [2.75, 3.05) is 13.1 Å². The molecule has 2 aromatic carbocycles. The zero-order chi connectivity index (χ0) is 21.2. The van der Waals surface area contributed by atoms with Gasteiger partial charge in [0.05, 0.1) is 4.90 Å². The standard InChI is InChI=1S/C22H27NO6S/c1-3-4-18-7-9-19(10-8-18)21-26-28-22(29-27-21)13-15-23(16-14-22)30(24,25)20-11-5-17(2)6-12-20/h5-12,21H,3-4,13-16H2,1-2H3. The van der Waals surface area contributed by atoms with Crippen molar-refractivity contribution in [3.8, 4) is 0 Å². The number of nitrogens with zero attached hydrogens (tertiary/aromatic N) is 1. The molecule has 0 saturated carbocycles. The molecule has 2 aliphatic rings. The quantitative estimate of drug-likeness (QED) is 0.663. The second-order valence-electron chi connectivity index (χ2n) is 7.81. The Balaban J connectivity index is 1.34. The van der Waals surface area contributed by atoms with E-state index in [0.717, 1.165) is 24.0 Å². The zero-order valence-corrected chi connectivity index (χ0v) is 18.1. The van der Waals surface area contributed by atoms with E-state index >= 15 is 0 Å². The molecule has 2 aliphatic heterocycles. The van der Waals surface area contributed by atoms with Crippen molar-refractivity contribution in [2.24, 2.45) is 0 Å². The summed E-state index contributed by atoms with van der Waals surface area (Å²) >= 11 is 0. The first-order valence-electron chi connectivity index (χ1n) is 10.3.